The Morgan fingerprint density at radius 2 is 2.28 bits per heavy atom. The molecule has 0 aliphatic heterocycles. The maximum Gasteiger partial charge on any atom is 0.340 e. The van der Waals surface area contributed by atoms with E-state index >= 15 is 0 Å². The van der Waals surface area contributed by atoms with Gasteiger partial charge in [-0.05, 0) is 19.9 Å². The normalized spacial score (nSPS) is 10.3. The number of nitrogens with zero attached hydrogens (tertiary/aromatic N) is 1. The molecule has 2 aromatic rings. The summed E-state index contributed by atoms with van der Waals surface area (Å²) in [6.07, 6.45) is 0. The highest BCUT2D eigenvalue weighted by Gasteiger charge is 2.18. The number of ether oxygens (including phenoxy) is 1. The van der Waals surface area contributed by atoms with E-state index in [-0.39, 0.29) is 0 Å². The van der Waals surface area contributed by atoms with Crippen LogP contribution in [0.15, 0.2) is 23.6 Å². The number of esters is 1. The van der Waals surface area contributed by atoms with Crippen molar-refractivity contribution in [3.63, 3.8) is 0 Å². The Balaban J connectivity index is 2.54. The second-order valence-electron chi connectivity index (χ2n) is 3.78. The first-order valence-electron chi connectivity index (χ1n) is 5.61. The number of carbonyl (C=O) groups excluding carboxylic acids is 1. The predicted molar refractivity (Wildman–Crippen MR) is 72.7 cm³/mol. The molecule has 5 heteroatoms. The summed E-state index contributed by atoms with van der Waals surface area (Å²) in [5.41, 5.74) is 8.34. The lowest BCUT2D eigenvalue weighted by molar-refractivity contribution is 0.0528. The van der Waals surface area contributed by atoms with Crippen LogP contribution in [0.4, 0.5) is 5.69 Å². The van der Waals surface area contributed by atoms with Gasteiger partial charge >= 0.3 is 5.97 Å². The molecule has 0 aliphatic carbocycles. The summed E-state index contributed by atoms with van der Waals surface area (Å²) in [4.78, 5) is 16.3. The molecule has 18 heavy (non-hydrogen) atoms. The molecule has 1 aromatic heterocycles. The molecular formula is C13H14N2O2S. The van der Waals surface area contributed by atoms with Crippen molar-refractivity contribution >= 4 is 23.0 Å². The van der Waals surface area contributed by atoms with E-state index in [1.807, 2.05) is 24.4 Å². The minimum absolute atomic E-state index is 0.323. The predicted octanol–water partition coefficient (Wildman–Crippen LogP) is 2.88. The lowest BCUT2D eigenvalue weighted by Gasteiger charge is -2.09. The molecular weight excluding hydrogens is 248 g/mol. The van der Waals surface area contributed by atoms with E-state index in [1.54, 1.807) is 13.0 Å². The summed E-state index contributed by atoms with van der Waals surface area (Å²) in [6, 6.07) is 5.33. The fraction of sp³-hybridized carbons (Fsp3) is 0.231. The number of anilines is 1. The minimum atomic E-state index is -0.404. The molecule has 4 nitrogen and oxygen atoms in total. The van der Waals surface area contributed by atoms with Crippen molar-refractivity contribution in [2.45, 2.75) is 13.8 Å². The molecule has 2 N–H and O–H groups in total. The van der Waals surface area contributed by atoms with Gasteiger partial charge in [-0.3, -0.25) is 0 Å². The quantitative estimate of drug-likeness (QED) is 0.682. The minimum Gasteiger partial charge on any atom is -0.462 e. The number of carbonyl (C=O) groups is 1. The zero-order valence-corrected chi connectivity index (χ0v) is 11.1. The van der Waals surface area contributed by atoms with E-state index in [0.717, 1.165) is 16.3 Å². The highest BCUT2D eigenvalue weighted by atomic mass is 32.1. The summed E-state index contributed by atoms with van der Waals surface area (Å²) in [5, 5.41) is 2.72. The average molecular weight is 262 g/mol. The van der Waals surface area contributed by atoms with Crippen LogP contribution in [0.2, 0.25) is 0 Å². The highest BCUT2D eigenvalue weighted by Crippen LogP contribution is 2.30. The van der Waals surface area contributed by atoms with E-state index in [2.05, 4.69) is 4.98 Å². The molecule has 2 rings (SSSR count). The van der Waals surface area contributed by atoms with Gasteiger partial charge in [-0.2, -0.15) is 0 Å². The van der Waals surface area contributed by atoms with Gasteiger partial charge in [-0.25, -0.2) is 9.78 Å². The smallest absolute Gasteiger partial charge is 0.340 e. The van der Waals surface area contributed by atoms with Crippen LogP contribution < -0.4 is 5.73 Å². The zero-order valence-electron chi connectivity index (χ0n) is 10.3. The maximum atomic E-state index is 11.9. The first-order valence-corrected chi connectivity index (χ1v) is 6.49. The Morgan fingerprint density at radius 1 is 1.50 bits per heavy atom. The molecule has 1 aromatic carbocycles. The summed E-state index contributed by atoms with van der Waals surface area (Å²) >= 11 is 1.49. The van der Waals surface area contributed by atoms with Gasteiger partial charge in [0.15, 0.2) is 0 Å². The fourth-order valence-electron chi connectivity index (χ4n) is 1.66. The Morgan fingerprint density at radius 3 is 2.89 bits per heavy atom. The zero-order chi connectivity index (χ0) is 13.1. The lowest BCUT2D eigenvalue weighted by atomic mass is 10.1. The third kappa shape index (κ3) is 2.36. The molecule has 0 amide bonds. The van der Waals surface area contributed by atoms with Crippen LogP contribution in [0.25, 0.3) is 10.6 Å². The first-order chi connectivity index (χ1) is 8.63. The second-order valence-corrected chi connectivity index (χ2v) is 4.64. The third-order valence-electron chi connectivity index (χ3n) is 2.43. The average Bonchev–Trinajstić information content (AvgIpc) is 2.75. The van der Waals surface area contributed by atoms with Crippen LogP contribution in [0.5, 0.6) is 0 Å². The summed E-state index contributed by atoms with van der Waals surface area (Å²) in [5.74, 6) is -0.404. The van der Waals surface area contributed by atoms with Gasteiger partial charge in [0.25, 0.3) is 0 Å². The number of hydrogen-bond acceptors (Lipinski definition) is 5. The number of nitrogen functional groups attached to an aromatic ring is 1. The van der Waals surface area contributed by atoms with Crippen LogP contribution in [0.3, 0.4) is 0 Å². The molecule has 0 aliphatic rings. The molecule has 0 bridgehead atoms. The Hall–Kier alpha value is -1.88. The van der Waals surface area contributed by atoms with Crippen molar-refractivity contribution in [1.82, 2.24) is 4.98 Å². The van der Waals surface area contributed by atoms with E-state index in [1.165, 1.54) is 11.3 Å². The molecule has 0 saturated heterocycles. The van der Waals surface area contributed by atoms with E-state index in [4.69, 9.17) is 10.5 Å². The van der Waals surface area contributed by atoms with Crippen molar-refractivity contribution in [3.8, 4) is 10.6 Å². The van der Waals surface area contributed by atoms with Gasteiger partial charge in [0, 0.05) is 22.3 Å². The topological polar surface area (TPSA) is 65.2 Å². The van der Waals surface area contributed by atoms with Gasteiger partial charge in [0.05, 0.1) is 12.2 Å². The Labute approximate surface area is 109 Å². The molecule has 1 heterocycles. The van der Waals surface area contributed by atoms with Gasteiger partial charge in [0.2, 0.25) is 0 Å². The largest absolute Gasteiger partial charge is 0.462 e. The van der Waals surface area contributed by atoms with Crippen LogP contribution in [-0.4, -0.2) is 17.6 Å². The van der Waals surface area contributed by atoms with Crippen molar-refractivity contribution in [2.75, 3.05) is 12.3 Å². The monoisotopic (exact) mass is 262 g/mol. The van der Waals surface area contributed by atoms with Gasteiger partial charge in [-0.15, -0.1) is 11.3 Å². The molecule has 0 atom stereocenters. The number of aromatic nitrogens is 1. The number of rotatable bonds is 3. The molecule has 94 valence electrons. The molecule has 0 unspecified atom stereocenters. The highest BCUT2D eigenvalue weighted by molar-refractivity contribution is 7.13. The number of aryl methyl sites for hydroxylation is 1. The maximum absolute atomic E-state index is 11.9. The Bertz CT molecular complexity index is 578. The number of thiazole rings is 1. The molecule has 0 fully saturated rings. The second kappa shape index (κ2) is 5.18. The van der Waals surface area contributed by atoms with Crippen molar-refractivity contribution < 1.29 is 9.53 Å². The van der Waals surface area contributed by atoms with Crippen molar-refractivity contribution in [2.24, 2.45) is 0 Å². The molecule has 0 radical (unpaired) electrons. The van der Waals surface area contributed by atoms with Gasteiger partial charge in [-0.1, -0.05) is 12.1 Å². The number of benzene rings is 1. The first kappa shape index (κ1) is 12.6. The standard InChI is InChI=1S/C13H14N2O2S/c1-3-17-13(16)11-9(5-4-6-10(11)14)12-15-8(2)7-18-12/h4-7H,3,14H2,1-2H3. The van der Waals surface area contributed by atoms with Crippen molar-refractivity contribution in [3.05, 3.63) is 34.8 Å². The lowest BCUT2D eigenvalue weighted by Crippen LogP contribution is -2.09. The third-order valence-corrected chi connectivity index (χ3v) is 3.42. The van der Waals surface area contributed by atoms with Crippen LogP contribution in [-0.2, 0) is 4.74 Å². The van der Waals surface area contributed by atoms with E-state index in [0.29, 0.717) is 17.9 Å². The molecule has 0 spiro atoms. The van der Waals surface area contributed by atoms with Crippen LogP contribution >= 0.6 is 11.3 Å². The van der Waals surface area contributed by atoms with Crippen molar-refractivity contribution in [1.29, 1.82) is 0 Å². The van der Waals surface area contributed by atoms with E-state index < -0.39 is 5.97 Å². The number of hydrogen-bond donors (Lipinski definition) is 1. The summed E-state index contributed by atoms with van der Waals surface area (Å²) < 4.78 is 5.04. The van der Waals surface area contributed by atoms with Crippen LogP contribution in [0, 0.1) is 6.92 Å². The summed E-state index contributed by atoms with van der Waals surface area (Å²) in [7, 11) is 0. The van der Waals surface area contributed by atoms with Gasteiger partial charge < -0.3 is 10.5 Å². The SMILES string of the molecule is CCOC(=O)c1c(N)cccc1-c1nc(C)cs1. The van der Waals surface area contributed by atoms with Crippen LogP contribution in [0.1, 0.15) is 23.0 Å². The number of nitrogens with two attached hydrogens (primary N) is 1. The fourth-order valence-corrected chi connectivity index (χ4v) is 2.49. The van der Waals surface area contributed by atoms with Gasteiger partial charge in [0.1, 0.15) is 5.01 Å². The Kier molecular flexibility index (Phi) is 3.62. The molecule has 0 saturated carbocycles. The summed E-state index contributed by atoms with van der Waals surface area (Å²) in [6.45, 7) is 4.00. The van der Waals surface area contributed by atoms with E-state index in [9.17, 15) is 4.79 Å².